The molecule has 0 aliphatic heterocycles. The monoisotopic (exact) mass is 498 g/mol. The van der Waals surface area contributed by atoms with Gasteiger partial charge in [-0.05, 0) is 29.8 Å². The molecule has 0 fully saturated rings. The van der Waals surface area contributed by atoms with E-state index in [0.717, 1.165) is 6.07 Å². The van der Waals surface area contributed by atoms with Gasteiger partial charge in [-0.2, -0.15) is 18.3 Å². The summed E-state index contributed by atoms with van der Waals surface area (Å²) in [6, 6.07) is 12.4. The average Bonchev–Trinajstić information content (AvgIpc) is 3.24. The van der Waals surface area contributed by atoms with Gasteiger partial charge in [-0.3, -0.25) is 19.3 Å². The van der Waals surface area contributed by atoms with E-state index in [1.165, 1.54) is 36.3 Å². The normalized spacial score (nSPS) is 11.4. The van der Waals surface area contributed by atoms with Crippen LogP contribution < -0.4 is 5.32 Å². The van der Waals surface area contributed by atoms with Crippen LogP contribution in [0.15, 0.2) is 67.0 Å². The zero-order chi connectivity index (χ0) is 26.0. The number of carboxylic acids is 1. The van der Waals surface area contributed by atoms with Crippen molar-refractivity contribution in [1.82, 2.24) is 14.8 Å². The number of carboxylic acid groups (broad SMARTS) is 1. The van der Waals surface area contributed by atoms with Gasteiger partial charge in [0.05, 0.1) is 34.6 Å². The van der Waals surface area contributed by atoms with Gasteiger partial charge in [0.15, 0.2) is 0 Å². The zero-order valence-electron chi connectivity index (χ0n) is 18.7. The van der Waals surface area contributed by atoms with Gasteiger partial charge < -0.3 is 10.4 Å². The number of alkyl halides is 3. The van der Waals surface area contributed by atoms with E-state index < -0.39 is 40.6 Å². The molecule has 0 bridgehead atoms. The summed E-state index contributed by atoms with van der Waals surface area (Å²) in [5.41, 5.74) is -1.28. The van der Waals surface area contributed by atoms with Crippen molar-refractivity contribution in [2.45, 2.75) is 12.6 Å². The molecule has 0 saturated carbocycles. The van der Waals surface area contributed by atoms with Gasteiger partial charge in [-0.15, -0.1) is 0 Å². The van der Waals surface area contributed by atoms with Crippen molar-refractivity contribution in [3.63, 3.8) is 0 Å². The van der Waals surface area contributed by atoms with Crippen molar-refractivity contribution in [3.8, 4) is 22.5 Å². The molecular weight excluding hydrogens is 480 g/mol. The Kier molecular flexibility index (Phi) is 6.56. The zero-order valence-corrected chi connectivity index (χ0v) is 18.7. The Labute approximate surface area is 202 Å². The third-order valence-corrected chi connectivity index (χ3v) is 5.24. The Hall–Kier alpha value is -4.54. The Balaban J connectivity index is 1.79. The molecule has 0 atom stereocenters. The molecule has 7 nitrogen and oxygen atoms in total. The van der Waals surface area contributed by atoms with E-state index in [1.54, 1.807) is 30.3 Å². The molecule has 4 rings (SSSR count). The molecule has 0 spiro atoms. The van der Waals surface area contributed by atoms with E-state index in [-0.39, 0.29) is 35.1 Å². The smallest absolute Gasteiger partial charge is 0.417 e. The number of aryl methyl sites for hydroxylation is 1. The summed E-state index contributed by atoms with van der Waals surface area (Å²) in [7, 11) is 1.51. The quantitative estimate of drug-likeness (QED) is 0.357. The van der Waals surface area contributed by atoms with Crippen LogP contribution in [0.1, 0.15) is 21.5 Å². The van der Waals surface area contributed by atoms with E-state index in [4.69, 9.17) is 5.11 Å². The van der Waals surface area contributed by atoms with Gasteiger partial charge in [0.2, 0.25) is 0 Å². The summed E-state index contributed by atoms with van der Waals surface area (Å²) in [5, 5.41) is 15.5. The second-order valence-corrected chi connectivity index (χ2v) is 7.88. The van der Waals surface area contributed by atoms with E-state index in [9.17, 15) is 27.2 Å². The molecule has 0 aliphatic rings. The van der Waals surface area contributed by atoms with Gasteiger partial charge >= 0.3 is 12.1 Å². The lowest BCUT2D eigenvalue weighted by atomic mass is 9.99. The number of anilines is 1. The number of halogens is 4. The number of hydrogen-bond acceptors (Lipinski definition) is 4. The summed E-state index contributed by atoms with van der Waals surface area (Å²) in [5.74, 6) is -3.55. The predicted molar refractivity (Wildman–Crippen MR) is 123 cm³/mol. The highest BCUT2D eigenvalue weighted by Crippen LogP contribution is 2.38. The first-order chi connectivity index (χ1) is 17.0. The maximum absolute atomic E-state index is 14.8. The molecule has 2 N–H and O–H groups in total. The van der Waals surface area contributed by atoms with Crippen LogP contribution in [0.3, 0.4) is 0 Å². The molecule has 0 unspecified atom stereocenters. The SMILES string of the molecule is Cn1ccc(-c2cc(C(=O)Nc3cc(CC(=O)O)cnc3-c3ccccc3)c(F)cc2C(F)(F)F)n1. The van der Waals surface area contributed by atoms with Crippen LogP contribution >= 0.6 is 0 Å². The lowest BCUT2D eigenvalue weighted by Gasteiger charge is -2.16. The molecule has 184 valence electrons. The van der Waals surface area contributed by atoms with Gasteiger partial charge in [0, 0.05) is 30.6 Å². The van der Waals surface area contributed by atoms with Crippen LogP contribution in [0.2, 0.25) is 0 Å². The summed E-state index contributed by atoms with van der Waals surface area (Å²) >= 11 is 0. The van der Waals surface area contributed by atoms with Gasteiger partial charge in [0.25, 0.3) is 5.91 Å². The first-order valence-electron chi connectivity index (χ1n) is 10.5. The second kappa shape index (κ2) is 9.61. The number of carbonyl (C=O) groups excluding carboxylic acids is 1. The third-order valence-electron chi connectivity index (χ3n) is 5.24. The minimum atomic E-state index is -4.89. The Morgan fingerprint density at radius 1 is 1.08 bits per heavy atom. The Morgan fingerprint density at radius 3 is 2.42 bits per heavy atom. The number of amides is 1. The summed E-state index contributed by atoms with van der Waals surface area (Å²) in [6.45, 7) is 0. The number of rotatable bonds is 6. The predicted octanol–water partition coefficient (Wildman–Crippen LogP) is 5.19. The van der Waals surface area contributed by atoms with Crippen molar-refractivity contribution in [2.24, 2.45) is 7.05 Å². The molecule has 0 radical (unpaired) electrons. The third kappa shape index (κ3) is 5.24. The molecule has 11 heteroatoms. The van der Waals surface area contributed by atoms with Gasteiger partial charge in [0.1, 0.15) is 5.82 Å². The maximum Gasteiger partial charge on any atom is 0.417 e. The average molecular weight is 498 g/mol. The van der Waals surface area contributed by atoms with Crippen molar-refractivity contribution in [3.05, 3.63) is 89.5 Å². The number of nitrogens with zero attached hydrogens (tertiary/aromatic N) is 3. The molecular formula is C25H18F4N4O3. The van der Waals surface area contributed by atoms with Crippen LogP contribution in [-0.2, 0) is 24.4 Å². The largest absolute Gasteiger partial charge is 0.481 e. The number of pyridine rings is 1. The number of nitrogens with one attached hydrogen (secondary N) is 1. The molecule has 0 saturated heterocycles. The summed E-state index contributed by atoms with van der Waals surface area (Å²) in [4.78, 5) is 28.5. The minimum absolute atomic E-state index is 0.0728. The summed E-state index contributed by atoms with van der Waals surface area (Å²) < 4.78 is 57.0. The first kappa shape index (κ1) is 24.6. The molecule has 2 heterocycles. The van der Waals surface area contributed by atoms with Crippen LogP contribution in [0.4, 0.5) is 23.2 Å². The van der Waals surface area contributed by atoms with Crippen LogP contribution in [0, 0.1) is 5.82 Å². The second-order valence-electron chi connectivity index (χ2n) is 7.88. The molecule has 4 aromatic rings. The Bertz CT molecular complexity index is 1450. The molecule has 36 heavy (non-hydrogen) atoms. The van der Waals surface area contributed by atoms with E-state index in [2.05, 4.69) is 15.4 Å². The Morgan fingerprint density at radius 2 is 1.81 bits per heavy atom. The molecule has 2 aromatic heterocycles. The molecule has 0 aliphatic carbocycles. The van der Waals surface area contributed by atoms with E-state index >= 15 is 0 Å². The van der Waals surface area contributed by atoms with Crippen LogP contribution in [-0.4, -0.2) is 31.7 Å². The lowest BCUT2D eigenvalue weighted by molar-refractivity contribution is -0.137. The number of aromatic nitrogens is 3. The first-order valence-corrected chi connectivity index (χ1v) is 10.5. The number of aliphatic carboxylic acids is 1. The summed E-state index contributed by atoms with van der Waals surface area (Å²) in [6.07, 6.45) is -2.52. The van der Waals surface area contributed by atoms with E-state index in [1.807, 2.05) is 0 Å². The minimum Gasteiger partial charge on any atom is -0.481 e. The lowest BCUT2D eigenvalue weighted by Crippen LogP contribution is -2.17. The fourth-order valence-electron chi connectivity index (χ4n) is 3.64. The van der Waals surface area contributed by atoms with Crippen molar-refractivity contribution in [2.75, 3.05) is 5.32 Å². The van der Waals surface area contributed by atoms with Crippen LogP contribution in [0.25, 0.3) is 22.5 Å². The number of hydrogen-bond donors (Lipinski definition) is 2. The maximum atomic E-state index is 14.8. The number of carbonyl (C=O) groups is 2. The highest BCUT2D eigenvalue weighted by atomic mass is 19.4. The standard InChI is InChI=1S/C25H18F4N4O3/c1-33-8-7-20(32-33)16-11-17(19(26)12-18(16)25(27,28)29)24(36)31-21-9-14(10-22(34)35)13-30-23(21)15-5-3-2-4-6-15/h2-9,11-13H,10H2,1H3,(H,31,36)(H,34,35). The fourth-order valence-corrected chi connectivity index (χ4v) is 3.64. The van der Waals surface area contributed by atoms with Gasteiger partial charge in [-0.25, -0.2) is 4.39 Å². The van der Waals surface area contributed by atoms with Crippen molar-refractivity contribution < 1.29 is 32.3 Å². The van der Waals surface area contributed by atoms with Crippen LogP contribution in [0.5, 0.6) is 0 Å². The van der Waals surface area contributed by atoms with Gasteiger partial charge in [-0.1, -0.05) is 30.3 Å². The highest BCUT2D eigenvalue weighted by molar-refractivity contribution is 6.07. The van der Waals surface area contributed by atoms with E-state index in [0.29, 0.717) is 5.56 Å². The van der Waals surface area contributed by atoms with Crippen molar-refractivity contribution in [1.29, 1.82) is 0 Å². The fraction of sp³-hybridized carbons (Fsp3) is 0.120. The molecule has 1 amide bonds. The van der Waals surface area contributed by atoms with Crippen molar-refractivity contribution >= 4 is 17.6 Å². The highest BCUT2D eigenvalue weighted by Gasteiger charge is 2.36. The topological polar surface area (TPSA) is 97.1 Å². The number of benzene rings is 2. The molecule has 2 aromatic carbocycles.